The molecule has 1 N–H and O–H groups in total. The molecule has 1 unspecified atom stereocenters. The third kappa shape index (κ3) is 6.47. The zero-order valence-corrected chi connectivity index (χ0v) is 17.3. The van der Waals surface area contributed by atoms with Gasteiger partial charge in [0.15, 0.2) is 0 Å². The Morgan fingerprint density at radius 2 is 2.04 bits per heavy atom. The van der Waals surface area contributed by atoms with Crippen molar-refractivity contribution >= 4 is 17.7 Å². The number of nitrogens with zero attached hydrogens (tertiary/aromatic N) is 2. The first-order valence-corrected chi connectivity index (χ1v) is 9.60. The van der Waals surface area contributed by atoms with E-state index in [1.54, 1.807) is 10.7 Å². The van der Waals surface area contributed by atoms with Gasteiger partial charge in [-0.25, -0.2) is 4.79 Å². The molecule has 27 heavy (non-hydrogen) atoms. The zero-order chi connectivity index (χ0) is 20.0. The molecule has 7 heteroatoms. The lowest BCUT2D eigenvalue weighted by Crippen LogP contribution is -2.34. The van der Waals surface area contributed by atoms with E-state index in [0.717, 1.165) is 23.4 Å². The molecule has 0 aliphatic heterocycles. The van der Waals surface area contributed by atoms with Crippen LogP contribution >= 0.6 is 11.6 Å². The molecule has 1 aromatic heterocycles. The molecule has 1 atom stereocenters. The maximum atomic E-state index is 11.9. The first kappa shape index (κ1) is 21.1. The zero-order valence-electron chi connectivity index (χ0n) is 16.6. The van der Waals surface area contributed by atoms with Crippen LogP contribution in [0.25, 0.3) is 0 Å². The number of nitrogens with one attached hydrogen (secondary N) is 1. The highest BCUT2D eigenvalue weighted by Crippen LogP contribution is 2.25. The summed E-state index contributed by atoms with van der Waals surface area (Å²) in [6.45, 7) is 11.1. The summed E-state index contributed by atoms with van der Waals surface area (Å²) < 4.78 is 12.9. The van der Waals surface area contributed by atoms with Gasteiger partial charge in [0, 0.05) is 28.4 Å². The third-order valence-corrected chi connectivity index (χ3v) is 4.28. The summed E-state index contributed by atoms with van der Waals surface area (Å²) in [6.07, 6.45) is 0.328. The molecule has 6 nitrogen and oxygen atoms in total. The number of amides is 1. The maximum Gasteiger partial charge on any atom is 0.414 e. The van der Waals surface area contributed by atoms with E-state index in [0.29, 0.717) is 24.1 Å². The average molecular weight is 394 g/mol. The summed E-state index contributed by atoms with van der Waals surface area (Å²) in [5, 5.41) is 7.77. The van der Waals surface area contributed by atoms with Gasteiger partial charge in [0.25, 0.3) is 0 Å². The van der Waals surface area contributed by atoms with Crippen LogP contribution in [0.4, 0.5) is 4.79 Å². The second-order valence-corrected chi connectivity index (χ2v) is 7.52. The first-order chi connectivity index (χ1) is 12.8. The van der Waals surface area contributed by atoms with Gasteiger partial charge in [-0.2, -0.15) is 0 Å². The highest BCUT2D eigenvalue weighted by atomic mass is 35.5. The van der Waals surface area contributed by atoms with E-state index >= 15 is 0 Å². The summed E-state index contributed by atoms with van der Waals surface area (Å²) in [6, 6.07) is 7.33. The smallest absolute Gasteiger partial charge is 0.414 e. The van der Waals surface area contributed by atoms with Crippen molar-refractivity contribution in [2.45, 2.75) is 53.6 Å². The van der Waals surface area contributed by atoms with Crippen LogP contribution in [-0.4, -0.2) is 28.5 Å². The molecule has 0 bridgehead atoms. The van der Waals surface area contributed by atoms with Crippen molar-refractivity contribution < 1.29 is 14.3 Å². The molecular weight excluding hydrogens is 366 g/mol. The summed E-state index contributed by atoms with van der Waals surface area (Å²) in [4.78, 5) is 11.9. The van der Waals surface area contributed by atoms with Gasteiger partial charge in [0.1, 0.15) is 5.75 Å². The van der Waals surface area contributed by atoms with Crippen molar-refractivity contribution in [3.8, 4) is 11.6 Å². The molecule has 2 rings (SSSR count). The summed E-state index contributed by atoms with van der Waals surface area (Å²) in [5.74, 6) is 1.46. The number of ether oxygens (including phenoxy) is 2. The molecule has 0 aliphatic carbocycles. The van der Waals surface area contributed by atoms with Crippen molar-refractivity contribution in [2.75, 3.05) is 6.61 Å². The van der Waals surface area contributed by atoms with Crippen molar-refractivity contribution in [3.05, 3.63) is 40.5 Å². The number of aromatic nitrogens is 2. The molecular formula is C20H28ClN3O3. The van der Waals surface area contributed by atoms with Crippen LogP contribution < -0.4 is 14.8 Å². The summed E-state index contributed by atoms with van der Waals surface area (Å²) in [7, 11) is 0. The summed E-state index contributed by atoms with van der Waals surface area (Å²) in [5.41, 5.74) is 1.79. The molecule has 2 aromatic rings. The Kier molecular flexibility index (Phi) is 7.54. The summed E-state index contributed by atoms with van der Waals surface area (Å²) >= 11 is 6.16. The van der Waals surface area contributed by atoms with Gasteiger partial charge in [-0.05, 0) is 44.4 Å². The Balaban J connectivity index is 2.12. The number of aryl methyl sites for hydroxylation is 1. The highest BCUT2D eigenvalue weighted by molar-refractivity contribution is 6.30. The predicted molar refractivity (Wildman–Crippen MR) is 107 cm³/mol. The minimum atomic E-state index is -0.502. The lowest BCUT2D eigenvalue weighted by molar-refractivity contribution is 0.194. The van der Waals surface area contributed by atoms with E-state index in [4.69, 9.17) is 21.1 Å². The number of hydrogen-bond acceptors (Lipinski definition) is 4. The topological polar surface area (TPSA) is 65.4 Å². The Labute approximate surface area is 165 Å². The van der Waals surface area contributed by atoms with Crippen molar-refractivity contribution in [1.82, 2.24) is 15.1 Å². The average Bonchev–Trinajstić information content (AvgIpc) is 2.92. The minimum absolute atomic E-state index is 0.0489. The van der Waals surface area contributed by atoms with E-state index in [1.165, 1.54) is 0 Å². The van der Waals surface area contributed by atoms with Crippen LogP contribution in [0.15, 0.2) is 24.3 Å². The Hall–Kier alpha value is -2.21. The molecule has 0 saturated carbocycles. The lowest BCUT2D eigenvalue weighted by atomic mass is 10.2. The second-order valence-electron chi connectivity index (χ2n) is 7.08. The van der Waals surface area contributed by atoms with Crippen LogP contribution in [0, 0.1) is 12.8 Å². The number of rotatable bonds is 8. The highest BCUT2D eigenvalue weighted by Gasteiger charge is 2.14. The van der Waals surface area contributed by atoms with Crippen molar-refractivity contribution in [2.24, 2.45) is 5.92 Å². The van der Waals surface area contributed by atoms with Gasteiger partial charge in [0.2, 0.25) is 5.88 Å². The first-order valence-electron chi connectivity index (χ1n) is 9.22. The minimum Gasteiger partial charge on any atom is -0.493 e. The van der Waals surface area contributed by atoms with E-state index in [2.05, 4.69) is 24.3 Å². The Morgan fingerprint density at radius 3 is 2.70 bits per heavy atom. The fraction of sp³-hybridized carbons (Fsp3) is 0.500. The largest absolute Gasteiger partial charge is 0.493 e. The standard InChI is InChI=1S/C20H28ClN3O3/c1-6-14(4)22-20(25)27-19-9-15(5)24(23-19)11-16-10-17(21)7-8-18(16)26-12-13(2)3/h7-10,13-14H,6,11-12H2,1-5H3,(H,22,25). The number of benzene rings is 1. The van der Waals surface area contributed by atoms with E-state index in [-0.39, 0.29) is 11.9 Å². The quantitative estimate of drug-likeness (QED) is 0.698. The number of carbonyl (C=O) groups is 1. The van der Waals surface area contributed by atoms with Gasteiger partial charge in [-0.3, -0.25) is 4.68 Å². The van der Waals surface area contributed by atoms with Crippen molar-refractivity contribution in [1.29, 1.82) is 0 Å². The SMILES string of the molecule is CCC(C)NC(=O)Oc1cc(C)n(Cc2cc(Cl)ccc2OCC(C)C)n1. The molecule has 0 fully saturated rings. The van der Waals surface area contributed by atoms with Crippen LogP contribution in [0.3, 0.4) is 0 Å². The van der Waals surface area contributed by atoms with Gasteiger partial charge in [-0.15, -0.1) is 5.10 Å². The Bertz CT molecular complexity index is 774. The van der Waals surface area contributed by atoms with E-state index in [9.17, 15) is 4.79 Å². The number of carbonyl (C=O) groups excluding carboxylic acids is 1. The monoisotopic (exact) mass is 393 g/mol. The van der Waals surface area contributed by atoms with Crippen LogP contribution in [0.1, 0.15) is 45.4 Å². The molecule has 148 valence electrons. The van der Waals surface area contributed by atoms with Gasteiger partial charge in [-0.1, -0.05) is 32.4 Å². The molecule has 1 aromatic carbocycles. The predicted octanol–water partition coefficient (Wildman–Crippen LogP) is 4.81. The fourth-order valence-electron chi connectivity index (χ4n) is 2.35. The van der Waals surface area contributed by atoms with Gasteiger partial charge in [0.05, 0.1) is 13.2 Å². The van der Waals surface area contributed by atoms with Crippen molar-refractivity contribution in [3.63, 3.8) is 0 Å². The number of hydrogen-bond donors (Lipinski definition) is 1. The molecule has 1 amide bonds. The molecule has 0 radical (unpaired) electrons. The molecule has 1 heterocycles. The van der Waals surface area contributed by atoms with E-state index in [1.807, 2.05) is 39.0 Å². The molecule has 0 saturated heterocycles. The molecule has 0 aliphatic rings. The second kappa shape index (κ2) is 9.65. The normalized spacial score (nSPS) is 12.1. The van der Waals surface area contributed by atoms with Crippen LogP contribution in [0.2, 0.25) is 5.02 Å². The van der Waals surface area contributed by atoms with Crippen LogP contribution in [0.5, 0.6) is 11.6 Å². The Morgan fingerprint density at radius 1 is 1.30 bits per heavy atom. The van der Waals surface area contributed by atoms with Gasteiger partial charge < -0.3 is 14.8 Å². The third-order valence-electron chi connectivity index (χ3n) is 4.05. The number of halogens is 1. The van der Waals surface area contributed by atoms with Gasteiger partial charge >= 0.3 is 6.09 Å². The fourth-order valence-corrected chi connectivity index (χ4v) is 2.54. The maximum absolute atomic E-state index is 11.9. The lowest BCUT2D eigenvalue weighted by Gasteiger charge is -2.14. The molecule has 0 spiro atoms. The van der Waals surface area contributed by atoms with E-state index < -0.39 is 6.09 Å². The van der Waals surface area contributed by atoms with Crippen LogP contribution in [-0.2, 0) is 6.54 Å².